The van der Waals surface area contributed by atoms with Crippen molar-refractivity contribution in [1.82, 2.24) is 10.3 Å². The van der Waals surface area contributed by atoms with Crippen LogP contribution in [0.25, 0.3) is 0 Å². The molecule has 100 valence electrons. The van der Waals surface area contributed by atoms with E-state index in [0.717, 1.165) is 0 Å². The van der Waals surface area contributed by atoms with Crippen LogP contribution in [0.15, 0.2) is 26.6 Å². The van der Waals surface area contributed by atoms with Gasteiger partial charge >= 0.3 is 5.97 Å². The summed E-state index contributed by atoms with van der Waals surface area (Å²) in [5.74, 6) is -1.30. The minimum absolute atomic E-state index is 0.0261. The molecule has 0 spiro atoms. The smallest absolute Gasteiger partial charge is 0.355 e. The highest BCUT2D eigenvalue weighted by atomic mass is 79.9. The summed E-state index contributed by atoms with van der Waals surface area (Å²) in [5.41, 5.74) is -0.0261. The lowest BCUT2D eigenvalue weighted by atomic mass is 10.3. The van der Waals surface area contributed by atoms with Crippen LogP contribution >= 0.6 is 27.3 Å². The molecule has 0 fully saturated rings. The topological polar surface area (TPSA) is 92.4 Å². The number of aromatic carboxylic acids is 1. The van der Waals surface area contributed by atoms with Crippen molar-refractivity contribution in [2.75, 3.05) is 0 Å². The highest BCUT2D eigenvalue weighted by Gasteiger charge is 2.18. The molecule has 19 heavy (non-hydrogen) atoms. The first-order valence-electron chi connectivity index (χ1n) is 5.22. The number of hydrogen-bond acceptors (Lipinski definition) is 5. The second kappa shape index (κ2) is 5.54. The highest BCUT2D eigenvalue weighted by molar-refractivity contribution is 9.10. The van der Waals surface area contributed by atoms with Crippen LogP contribution in [0.2, 0.25) is 0 Å². The van der Waals surface area contributed by atoms with Crippen LogP contribution in [0.1, 0.15) is 39.0 Å². The fourth-order valence-electron chi connectivity index (χ4n) is 1.35. The molecule has 0 aliphatic rings. The predicted molar refractivity (Wildman–Crippen MR) is 71.4 cm³/mol. The van der Waals surface area contributed by atoms with Gasteiger partial charge in [0.15, 0.2) is 16.1 Å². The zero-order valence-corrected chi connectivity index (χ0v) is 12.1. The highest BCUT2D eigenvalue weighted by Crippen LogP contribution is 2.19. The molecule has 2 rings (SSSR count). The van der Waals surface area contributed by atoms with Crippen molar-refractivity contribution in [3.8, 4) is 0 Å². The number of nitrogens with zero attached hydrogens (tertiary/aromatic N) is 1. The molecule has 0 aliphatic carbocycles. The molecule has 1 atom stereocenters. The van der Waals surface area contributed by atoms with Gasteiger partial charge in [-0.05, 0) is 35.0 Å². The zero-order valence-electron chi connectivity index (χ0n) is 9.71. The second-order valence-electron chi connectivity index (χ2n) is 3.68. The first-order valence-corrected chi connectivity index (χ1v) is 6.89. The zero-order chi connectivity index (χ0) is 14.0. The Kier molecular flexibility index (Phi) is 4.01. The lowest BCUT2D eigenvalue weighted by Crippen LogP contribution is -2.26. The molecule has 0 bridgehead atoms. The summed E-state index contributed by atoms with van der Waals surface area (Å²) < 4.78 is 5.58. The number of carboxylic acids is 1. The molecule has 2 N–H and O–H groups in total. The summed E-state index contributed by atoms with van der Waals surface area (Å²) in [7, 11) is 0. The summed E-state index contributed by atoms with van der Waals surface area (Å²) in [5, 5.41) is 13.4. The number of aromatic nitrogens is 1. The molecule has 0 saturated carbocycles. The third-order valence-electron chi connectivity index (χ3n) is 2.26. The SMILES string of the molecule is CC(NC(=O)c1ccc(Br)o1)c1nc(C(=O)O)cs1. The fraction of sp³-hybridized carbons (Fsp3) is 0.182. The van der Waals surface area contributed by atoms with Crippen molar-refractivity contribution in [1.29, 1.82) is 0 Å². The quantitative estimate of drug-likeness (QED) is 0.889. The van der Waals surface area contributed by atoms with Gasteiger partial charge in [-0.2, -0.15) is 0 Å². The van der Waals surface area contributed by atoms with Crippen LogP contribution in [0.5, 0.6) is 0 Å². The Morgan fingerprint density at radius 2 is 2.26 bits per heavy atom. The Morgan fingerprint density at radius 3 is 2.79 bits per heavy atom. The summed E-state index contributed by atoms with van der Waals surface area (Å²) in [6.07, 6.45) is 0. The maximum atomic E-state index is 11.8. The average Bonchev–Trinajstić information content (AvgIpc) is 2.96. The van der Waals surface area contributed by atoms with Gasteiger partial charge in [0.05, 0.1) is 6.04 Å². The van der Waals surface area contributed by atoms with Crippen LogP contribution in [0, 0.1) is 0 Å². The van der Waals surface area contributed by atoms with E-state index in [1.807, 2.05) is 0 Å². The number of rotatable bonds is 4. The summed E-state index contributed by atoms with van der Waals surface area (Å²) in [6, 6.07) is 2.76. The Hall–Kier alpha value is -1.67. The lowest BCUT2D eigenvalue weighted by Gasteiger charge is -2.09. The molecular formula is C11H9BrN2O4S. The Balaban J connectivity index is 2.05. The average molecular weight is 345 g/mol. The normalized spacial score (nSPS) is 12.1. The van der Waals surface area contributed by atoms with Crippen molar-refractivity contribution in [2.24, 2.45) is 0 Å². The van der Waals surface area contributed by atoms with Gasteiger partial charge in [-0.25, -0.2) is 9.78 Å². The monoisotopic (exact) mass is 344 g/mol. The number of nitrogens with one attached hydrogen (secondary N) is 1. The molecule has 6 nitrogen and oxygen atoms in total. The standard InChI is InChI=1S/C11H9BrN2O4S/c1-5(10-14-6(4-19-10)11(16)17)13-9(15)7-2-3-8(12)18-7/h2-5H,1H3,(H,13,15)(H,16,17). The van der Waals surface area contributed by atoms with Gasteiger partial charge < -0.3 is 14.8 Å². The van der Waals surface area contributed by atoms with Crippen molar-refractivity contribution in [2.45, 2.75) is 13.0 Å². The van der Waals surface area contributed by atoms with Crippen molar-refractivity contribution in [3.05, 3.63) is 38.6 Å². The number of thiazole rings is 1. The van der Waals surface area contributed by atoms with Crippen LogP contribution in [-0.2, 0) is 0 Å². The molecule has 2 aromatic heterocycles. The van der Waals surface area contributed by atoms with E-state index < -0.39 is 12.0 Å². The predicted octanol–water partition coefficient (Wildman–Crippen LogP) is 2.69. The molecule has 1 amide bonds. The number of carbonyl (C=O) groups excluding carboxylic acids is 1. The minimum atomic E-state index is -1.09. The molecule has 2 heterocycles. The van der Waals surface area contributed by atoms with Gasteiger partial charge in [0.25, 0.3) is 5.91 Å². The summed E-state index contributed by atoms with van der Waals surface area (Å²) in [4.78, 5) is 26.5. The van der Waals surface area contributed by atoms with Crippen LogP contribution in [-0.4, -0.2) is 22.0 Å². The summed E-state index contributed by atoms with van der Waals surface area (Å²) >= 11 is 4.29. The minimum Gasteiger partial charge on any atom is -0.476 e. The molecule has 0 aromatic carbocycles. The van der Waals surface area contributed by atoms with Crippen molar-refractivity contribution >= 4 is 39.1 Å². The third-order valence-corrected chi connectivity index (χ3v) is 3.71. The molecular weight excluding hydrogens is 336 g/mol. The number of furan rings is 1. The van der Waals surface area contributed by atoms with Gasteiger partial charge in [-0.1, -0.05) is 0 Å². The number of amides is 1. The van der Waals surface area contributed by atoms with E-state index in [9.17, 15) is 9.59 Å². The molecule has 0 radical (unpaired) electrons. The first kappa shape index (κ1) is 13.8. The molecule has 1 unspecified atom stereocenters. The van der Waals surface area contributed by atoms with E-state index in [-0.39, 0.29) is 17.4 Å². The van der Waals surface area contributed by atoms with Crippen LogP contribution in [0.3, 0.4) is 0 Å². The van der Waals surface area contributed by atoms with E-state index in [0.29, 0.717) is 9.68 Å². The number of hydrogen-bond donors (Lipinski definition) is 2. The lowest BCUT2D eigenvalue weighted by molar-refractivity contribution is 0.0691. The number of carbonyl (C=O) groups is 2. The van der Waals surface area contributed by atoms with E-state index in [4.69, 9.17) is 9.52 Å². The molecule has 2 aromatic rings. The molecule has 8 heteroatoms. The fourth-order valence-corrected chi connectivity index (χ4v) is 2.46. The maximum absolute atomic E-state index is 11.8. The van der Waals surface area contributed by atoms with Crippen molar-refractivity contribution in [3.63, 3.8) is 0 Å². The van der Waals surface area contributed by atoms with Gasteiger partial charge in [-0.15, -0.1) is 11.3 Å². The number of carboxylic acid groups (broad SMARTS) is 1. The van der Waals surface area contributed by atoms with E-state index in [1.54, 1.807) is 13.0 Å². The van der Waals surface area contributed by atoms with E-state index >= 15 is 0 Å². The molecule has 0 saturated heterocycles. The van der Waals surface area contributed by atoms with Gasteiger partial charge in [0.1, 0.15) is 5.01 Å². The largest absolute Gasteiger partial charge is 0.476 e. The Morgan fingerprint density at radius 1 is 1.53 bits per heavy atom. The Labute approximate surface area is 120 Å². The second-order valence-corrected chi connectivity index (χ2v) is 5.35. The maximum Gasteiger partial charge on any atom is 0.355 e. The van der Waals surface area contributed by atoms with Crippen LogP contribution < -0.4 is 5.32 Å². The Bertz CT molecular complexity index is 622. The summed E-state index contributed by atoms with van der Waals surface area (Å²) in [6.45, 7) is 1.72. The van der Waals surface area contributed by atoms with Crippen molar-refractivity contribution < 1.29 is 19.1 Å². The molecule has 0 aliphatic heterocycles. The van der Waals surface area contributed by atoms with Gasteiger partial charge in [-0.3, -0.25) is 4.79 Å². The first-order chi connectivity index (χ1) is 8.97. The van der Waals surface area contributed by atoms with Gasteiger partial charge in [0.2, 0.25) is 0 Å². The van der Waals surface area contributed by atoms with E-state index in [2.05, 4.69) is 26.2 Å². The van der Waals surface area contributed by atoms with E-state index in [1.165, 1.54) is 22.8 Å². The van der Waals surface area contributed by atoms with Crippen LogP contribution in [0.4, 0.5) is 0 Å². The van der Waals surface area contributed by atoms with Gasteiger partial charge in [0, 0.05) is 5.38 Å². The third kappa shape index (κ3) is 3.21. The number of halogens is 1.